The minimum atomic E-state index is -0.114. The summed E-state index contributed by atoms with van der Waals surface area (Å²) in [5, 5.41) is 0. The molecule has 2 saturated carbocycles. The fourth-order valence-electron chi connectivity index (χ4n) is 3.27. The number of nitrogens with zero attached hydrogens (tertiary/aromatic N) is 2. The van der Waals surface area contributed by atoms with Gasteiger partial charge in [0.2, 0.25) is 5.91 Å². The molecular weight excluding hydrogens is 252 g/mol. The molecule has 0 bridgehead atoms. The van der Waals surface area contributed by atoms with Gasteiger partial charge in [-0.3, -0.25) is 4.79 Å². The minimum absolute atomic E-state index is 0.0827. The Morgan fingerprint density at radius 2 is 1.85 bits per heavy atom. The second-order valence-corrected chi connectivity index (χ2v) is 7.51. The van der Waals surface area contributed by atoms with Crippen molar-refractivity contribution in [3.63, 3.8) is 0 Å². The quantitative estimate of drug-likeness (QED) is 0.771. The molecule has 1 saturated heterocycles. The molecule has 1 amide bonds. The molecule has 0 aromatic heterocycles. The van der Waals surface area contributed by atoms with Crippen molar-refractivity contribution in [2.45, 2.75) is 56.7 Å². The zero-order chi connectivity index (χ0) is 14.4. The molecule has 0 aromatic carbocycles. The highest BCUT2D eigenvalue weighted by Crippen LogP contribution is 2.45. The van der Waals surface area contributed by atoms with Gasteiger partial charge in [-0.1, -0.05) is 0 Å². The molecule has 4 heteroatoms. The first kappa shape index (κ1) is 14.3. The van der Waals surface area contributed by atoms with Crippen LogP contribution in [0.25, 0.3) is 0 Å². The molecule has 4 nitrogen and oxygen atoms in total. The third-order valence-electron chi connectivity index (χ3n) is 5.14. The van der Waals surface area contributed by atoms with Gasteiger partial charge in [0.05, 0.1) is 11.2 Å². The van der Waals surface area contributed by atoms with E-state index in [0.29, 0.717) is 11.8 Å². The third kappa shape index (κ3) is 3.17. The number of ether oxygens (including phenoxy) is 1. The van der Waals surface area contributed by atoms with Crippen LogP contribution in [0.15, 0.2) is 0 Å². The number of hydrogen-bond donors (Lipinski definition) is 0. The van der Waals surface area contributed by atoms with Crippen molar-refractivity contribution in [2.75, 3.05) is 33.7 Å². The van der Waals surface area contributed by atoms with Crippen LogP contribution in [0.5, 0.6) is 0 Å². The van der Waals surface area contributed by atoms with Crippen LogP contribution in [0.1, 0.15) is 45.4 Å². The third-order valence-corrected chi connectivity index (χ3v) is 5.14. The molecule has 0 unspecified atom stereocenters. The zero-order valence-corrected chi connectivity index (χ0v) is 13.2. The van der Waals surface area contributed by atoms with E-state index in [9.17, 15) is 4.79 Å². The Morgan fingerprint density at radius 1 is 1.25 bits per heavy atom. The first-order valence-corrected chi connectivity index (χ1v) is 8.05. The van der Waals surface area contributed by atoms with Gasteiger partial charge in [-0.15, -0.1) is 0 Å². The maximum absolute atomic E-state index is 12.2. The van der Waals surface area contributed by atoms with Crippen LogP contribution in [-0.2, 0) is 9.53 Å². The summed E-state index contributed by atoms with van der Waals surface area (Å²) in [7, 11) is 4.13. The van der Waals surface area contributed by atoms with Crippen LogP contribution in [0.4, 0.5) is 0 Å². The van der Waals surface area contributed by atoms with Crippen LogP contribution in [0.2, 0.25) is 0 Å². The van der Waals surface area contributed by atoms with E-state index < -0.39 is 0 Å². The Bertz CT molecular complexity index is 380. The SMILES string of the molecule is CN1CCC(CN(C)C(=O)C2CC2)(OC2(C)CC2)CC1. The summed E-state index contributed by atoms with van der Waals surface area (Å²) in [6.45, 7) is 5.13. The average Bonchev–Trinajstić information content (AvgIpc) is 3.29. The van der Waals surface area contributed by atoms with Crippen molar-refractivity contribution in [2.24, 2.45) is 5.92 Å². The van der Waals surface area contributed by atoms with E-state index in [1.165, 1.54) is 12.8 Å². The summed E-state index contributed by atoms with van der Waals surface area (Å²) in [6, 6.07) is 0. The highest BCUT2D eigenvalue weighted by molar-refractivity contribution is 5.80. The normalized spacial score (nSPS) is 28.1. The Balaban J connectivity index is 1.66. The van der Waals surface area contributed by atoms with Crippen LogP contribution >= 0.6 is 0 Å². The van der Waals surface area contributed by atoms with Gasteiger partial charge in [-0.05, 0) is 52.5 Å². The van der Waals surface area contributed by atoms with Crippen LogP contribution < -0.4 is 0 Å². The van der Waals surface area contributed by atoms with Gasteiger partial charge in [-0.2, -0.15) is 0 Å². The van der Waals surface area contributed by atoms with E-state index in [1.54, 1.807) is 0 Å². The summed E-state index contributed by atoms with van der Waals surface area (Å²) >= 11 is 0. The molecule has 114 valence electrons. The Labute approximate surface area is 122 Å². The van der Waals surface area contributed by atoms with E-state index >= 15 is 0 Å². The van der Waals surface area contributed by atoms with Gasteiger partial charge >= 0.3 is 0 Å². The molecule has 0 aromatic rings. The van der Waals surface area contributed by atoms with E-state index in [1.807, 2.05) is 11.9 Å². The summed E-state index contributed by atoms with van der Waals surface area (Å²) < 4.78 is 6.53. The maximum atomic E-state index is 12.2. The molecular formula is C16H28N2O2. The molecule has 0 spiro atoms. The van der Waals surface area contributed by atoms with Gasteiger partial charge in [0, 0.05) is 32.6 Å². The molecule has 0 atom stereocenters. The lowest BCUT2D eigenvalue weighted by atomic mass is 9.90. The minimum Gasteiger partial charge on any atom is -0.367 e. The van der Waals surface area contributed by atoms with E-state index in [4.69, 9.17) is 4.74 Å². The average molecular weight is 280 g/mol. The predicted octanol–water partition coefficient (Wildman–Crippen LogP) is 1.89. The van der Waals surface area contributed by atoms with Gasteiger partial charge in [0.1, 0.15) is 0 Å². The lowest BCUT2D eigenvalue weighted by Gasteiger charge is -2.44. The number of likely N-dealkylation sites (tertiary alicyclic amines) is 1. The van der Waals surface area contributed by atoms with Crippen LogP contribution in [0.3, 0.4) is 0 Å². The first-order chi connectivity index (χ1) is 9.41. The fourth-order valence-corrected chi connectivity index (χ4v) is 3.27. The number of carbonyl (C=O) groups excluding carboxylic acids is 1. The standard InChI is InChI=1S/C16H28N2O2/c1-15(6-7-15)20-16(8-10-17(2)11-9-16)12-18(3)14(19)13-4-5-13/h13H,4-12H2,1-3H3. The lowest BCUT2D eigenvalue weighted by Crippen LogP contribution is -2.53. The molecule has 3 fully saturated rings. The number of carbonyl (C=O) groups is 1. The second kappa shape index (κ2) is 4.99. The lowest BCUT2D eigenvalue weighted by molar-refractivity contribution is -0.153. The van der Waals surface area contributed by atoms with Crippen molar-refractivity contribution in [3.8, 4) is 0 Å². The van der Waals surface area contributed by atoms with E-state index in [0.717, 1.165) is 45.3 Å². The van der Waals surface area contributed by atoms with Gasteiger partial charge in [-0.25, -0.2) is 0 Å². The Hall–Kier alpha value is -0.610. The monoisotopic (exact) mass is 280 g/mol. The summed E-state index contributed by atoms with van der Waals surface area (Å²) in [4.78, 5) is 16.5. The number of piperidine rings is 1. The molecule has 0 radical (unpaired) electrons. The van der Waals surface area contributed by atoms with Gasteiger partial charge < -0.3 is 14.5 Å². The molecule has 3 aliphatic rings. The van der Waals surface area contributed by atoms with E-state index in [2.05, 4.69) is 18.9 Å². The van der Waals surface area contributed by atoms with Crippen molar-refractivity contribution in [1.82, 2.24) is 9.80 Å². The summed E-state index contributed by atoms with van der Waals surface area (Å²) in [6.07, 6.45) is 6.59. The molecule has 1 aliphatic heterocycles. The molecule has 2 aliphatic carbocycles. The maximum Gasteiger partial charge on any atom is 0.225 e. The van der Waals surface area contributed by atoms with E-state index in [-0.39, 0.29) is 11.2 Å². The predicted molar refractivity (Wildman–Crippen MR) is 78.5 cm³/mol. The highest BCUT2D eigenvalue weighted by atomic mass is 16.5. The summed E-state index contributed by atoms with van der Waals surface area (Å²) in [5.74, 6) is 0.632. The number of amides is 1. The fraction of sp³-hybridized carbons (Fsp3) is 0.938. The smallest absolute Gasteiger partial charge is 0.225 e. The number of hydrogen-bond acceptors (Lipinski definition) is 3. The first-order valence-electron chi connectivity index (χ1n) is 8.05. The number of likely N-dealkylation sites (N-methyl/N-ethyl adjacent to an activating group) is 1. The van der Waals surface area contributed by atoms with Crippen molar-refractivity contribution < 1.29 is 9.53 Å². The topological polar surface area (TPSA) is 32.8 Å². The van der Waals surface area contributed by atoms with Crippen molar-refractivity contribution >= 4 is 5.91 Å². The highest BCUT2D eigenvalue weighted by Gasteiger charge is 2.48. The largest absolute Gasteiger partial charge is 0.367 e. The van der Waals surface area contributed by atoms with Crippen LogP contribution in [0, 0.1) is 5.92 Å². The molecule has 1 heterocycles. The summed E-state index contributed by atoms with van der Waals surface area (Å²) in [5.41, 5.74) is -0.0313. The Morgan fingerprint density at radius 3 is 2.35 bits per heavy atom. The van der Waals surface area contributed by atoms with Crippen molar-refractivity contribution in [1.29, 1.82) is 0 Å². The Kier molecular flexibility index (Phi) is 3.57. The van der Waals surface area contributed by atoms with Gasteiger partial charge in [0.15, 0.2) is 0 Å². The van der Waals surface area contributed by atoms with Crippen LogP contribution in [-0.4, -0.2) is 60.6 Å². The molecule has 20 heavy (non-hydrogen) atoms. The molecule has 3 rings (SSSR count). The second-order valence-electron chi connectivity index (χ2n) is 7.51. The number of rotatable bonds is 5. The van der Waals surface area contributed by atoms with Gasteiger partial charge in [0.25, 0.3) is 0 Å². The van der Waals surface area contributed by atoms with Crippen molar-refractivity contribution in [3.05, 3.63) is 0 Å². The molecule has 0 N–H and O–H groups in total. The zero-order valence-electron chi connectivity index (χ0n) is 13.2.